The van der Waals surface area contributed by atoms with Gasteiger partial charge >= 0.3 is 0 Å². The lowest BCUT2D eigenvalue weighted by atomic mass is 10.0. The zero-order valence-corrected chi connectivity index (χ0v) is 15.4. The van der Waals surface area contributed by atoms with Gasteiger partial charge in [-0.25, -0.2) is 4.98 Å². The molecule has 0 saturated carbocycles. The topological polar surface area (TPSA) is 66.6 Å². The first kappa shape index (κ1) is 17.0. The van der Waals surface area contributed by atoms with E-state index >= 15 is 0 Å². The van der Waals surface area contributed by atoms with E-state index in [0.717, 1.165) is 36.8 Å². The number of hydrogen-bond acceptors (Lipinski definition) is 5. The number of aryl methyl sites for hydroxylation is 3. The summed E-state index contributed by atoms with van der Waals surface area (Å²) in [5, 5.41) is 8.50. The fourth-order valence-corrected chi connectivity index (χ4v) is 4.12. The molecule has 0 spiro atoms. The molecule has 2 heterocycles. The highest BCUT2D eigenvalue weighted by Crippen LogP contribution is 2.27. The molecule has 0 fully saturated rings. The summed E-state index contributed by atoms with van der Waals surface area (Å²) in [6.07, 6.45) is 5.77. The highest BCUT2D eigenvalue weighted by Gasteiger charge is 2.17. The lowest BCUT2D eigenvalue weighted by molar-refractivity contribution is 0.371. The molecule has 0 unspecified atom stereocenters. The Bertz CT molecular complexity index is 682. The molecule has 3 rings (SSSR count). The minimum absolute atomic E-state index is 0.582. The van der Waals surface area contributed by atoms with Gasteiger partial charge in [-0.05, 0) is 32.1 Å². The molecule has 24 heavy (non-hydrogen) atoms. The van der Waals surface area contributed by atoms with Crippen molar-refractivity contribution in [3.8, 4) is 0 Å². The molecule has 1 aliphatic carbocycles. The van der Waals surface area contributed by atoms with Crippen molar-refractivity contribution in [1.29, 1.82) is 0 Å². The van der Waals surface area contributed by atoms with E-state index in [9.17, 15) is 0 Å². The zero-order chi connectivity index (χ0) is 16.9. The molecule has 0 amide bonds. The van der Waals surface area contributed by atoms with Crippen LogP contribution < -0.4 is 5.32 Å². The van der Waals surface area contributed by atoms with Crippen LogP contribution in [0.3, 0.4) is 0 Å². The SMILES string of the molecule is CCc1cc(CNC(=NC)N(C)Cc2nc3c(s2)CCCC3)on1. The van der Waals surface area contributed by atoms with Gasteiger partial charge in [-0.1, -0.05) is 12.1 Å². The van der Waals surface area contributed by atoms with Crippen LogP contribution in [-0.2, 0) is 32.4 Å². The van der Waals surface area contributed by atoms with E-state index in [2.05, 4.69) is 27.3 Å². The van der Waals surface area contributed by atoms with E-state index in [1.165, 1.54) is 34.8 Å². The largest absolute Gasteiger partial charge is 0.359 e. The fourth-order valence-electron chi connectivity index (χ4n) is 2.91. The summed E-state index contributed by atoms with van der Waals surface area (Å²) in [4.78, 5) is 12.7. The Morgan fingerprint density at radius 2 is 2.25 bits per heavy atom. The predicted octanol–water partition coefficient (Wildman–Crippen LogP) is 2.78. The summed E-state index contributed by atoms with van der Waals surface area (Å²) in [6.45, 7) is 3.42. The van der Waals surface area contributed by atoms with Crippen molar-refractivity contribution in [1.82, 2.24) is 20.4 Å². The van der Waals surface area contributed by atoms with Gasteiger partial charge in [-0.15, -0.1) is 11.3 Å². The summed E-state index contributed by atoms with van der Waals surface area (Å²) >= 11 is 1.85. The summed E-state index contributed by atoms with van der Waals surface area (Å²) in [5.74, 6) is 1.66. The normalized spacial score (nSPS) is 14.5. The highest BCUT2D eigenvalue weighted by atomic mass is 32.1. The first-order chi connectivity index (χ1) is 11.7. The van der Waals surface area contributed by atoms with Crippen LogP contribution in [0.2, 0.25) is 0 Å². The van der Waals surface area contributed by atoms with Crippen LogP contribution in [0.5, 0.6) is 0 Å². The van der Waals surface area contributed by atoms with Gasteiger partial charge in [-0.3, -0.25) is 4.99 Å². The number of fused-ring (bicyclic) bond motifs is 1. The average Bonchev–Trinajstić information content (AvgIpc) is 3.21. The second kappa shape index (κ2) is 7.79. The number of hydrogen-bond donors (Lipinski definition) is 1. The van der Waals surface area contributed by atoms with Crippen molar-refractivity contribution >= 4 is 17.3 Å². The Labute approximate surface area is 147 Å². The molecule has 6 nitrogen and oxygen atoms in total. The highest BCUT2D eigenvalue weighted by molar-refractivity contribution is 7.11. The molecule has 0 bridgehead atoms. The quantitative estimate of drug-likeness (QED) is 0.665. The third-order valence-corrected chi connectivity index (χ3v) is 5.37. The van der Waals surface area contributed by atoms with E-state index in [-0.39, 0.29) is 0 Å². The molecule has 0 atom stereocenters. The first-order valence-corrected chi connectivity index (χ1v) is 9.35. The molecule has 7 heteroatoms. The van der Waals surface area contributed by atoms with Crippen molar-refractivity contribution in [2.45, 2.75) is 52.1 Å². The average molecular weight is 347 g/mol. The third kappa shape index (κ3) is 3.95. The summed E-state index contributed by atoms with van der Waals surface area (Å²) in [5.41, 5.74) is 2.29. The Morgan fingerprint density at radius 3 is 2.96 bits per heavy atom. The standard InChI is InChI=1S/C17H25N5OS/c1-4-12-9-13(23-21-12)10-19-17(18-2)22(3)11-16-20-14-7-5-6-8-15(14)24-16/h9H,4-8,10-11H2,1-3H3,(H,18,19). The predicted molar refractivity (Wildman–Crippen MR) is 96.3 cm³/mol. The van der Waals surface area contributed by atoms with Gasteiger partial charge in [0.15, 0.2) is 11.7 Å². The van der Waals surface area contributed by atoms with Crippen LogP contribution in [0, 0.1) is 0 Å². The zero-order valence-electron chi connectivity index (χ0n) is 14.6. The number of nitrogens with zero attached hydrogens (tertiary/aromatic N) is 4. The van der Waals surface area contributed by atoms with Crippen molar-refractivity contribution < 1.29 is 4.52 Å². The second-order valence-electron chi connectivity index (χ2n) is 6.08. The molecule has 2 aromatic rings. The van der Waals surface area contributed by atoms with Crippen LogP contribution in [0.25, 0.3) is 0 Å². The number of nitrogens with one attached hydrogen (secondary N) is 1. The molecule has 1 N–H and O–H groups in total. The van der Waals surface area contributed by atoms with Crippen molar-refractivity contribution in [2.24, 2.45) is 4.99 Å². The Kier molecular flexibility index (Phi) is 5.50. The van der Waals surface area contributed by atoms with Crippen molar-refractivity contribution in [3.05, 3.63) is 33.1 Å². The molecule has 0 aromatic carbocycles. The summed E-state index contributed by atoms with van der Waals surface area (Å²) < 4.78 is 5.31. The van der Waals surface area contributed by atoms with E-state index in [1.807, 2.05) is 24.5 Å². The smallest absolute Gasteiger partial charge is 0.194 e. The van der Waals surface area contributed by atoms with Crippen LogP contribution >= 0.6 is 11.3 Å². The van der Waals surface area contributed by atoms with Gasteiger partial charge in [0.1, 0.15) is 5.01 Å². The number of aromatic nitrogens is 2. The van der Waals surface area contributed by atoms with Crippen LogP contribution in [0.15, 0.2) is 15.6 Å². The van der Waals surface area contributed by atoms with E-state index in [0.29, 0.717) is 6.54 Å². The lowest BCUT2D eigenvalue weighted by Crippen LogP contribution is -2.37. The summed E-state index contributed by atoms with van der Waals surface area (Å²) in [6, 6.07) is 1.98. The Morgan fingerprint density at radius 1 is 1.42 bits per heavy atom. The number of aliphatic imine (C=N–C) groups is 1. The van der Waals surface area contributed by atoms with Crippen LogP contribution in [-0.4, -0.2) is 35.1 Å². The maximum Gasteiger partial charge on any atom is 0.194 e. The number of thiazole rings is 1. The van der Waals surface area contributed by atoms with Crippen LogP contribution in [0.4, 0.5) is 0 Å². The van der Waals surface area contributed by atoms with Gasteiger partial charge in [0.2, 0.25) is 0 Å². The van der Waals surface area contributed by atoms with Gasteiger partial charge in [0.05, 0.1) is 24.5 Å². The van der Waals surface area contributed by atoms with Crippen molar-refractivity contribution in [2.75, 3.05) is 14.1 Å². The molecule has 1 aliphatic rings. The second-order valence-corrected chi connectivity index (χ2v) is 7.25. The Hall–Kier alpha value is -1.89. The summed E-state index contributed by atoms with van der Waals surface area (Å²) in [7, 11) is 3.83. The number of rotatable bonds is 5. The first-order valence-electron chi connectivity index (χ1n) is 8.53. The molecule has 0 radical (unpaired) electrons. The van der Waals surface area contributed by atoms with E-state index in [4.69, 9.17) is 9.51 Å². The van der Waals surface area contributed by atoms with Gasteiger partial charge in [-0.2, -0.15) is 0 Å². The maximum absolute atomic E-state index is 5.31. The molecule has 130 valence electrons. The van der Waals surface area contributed by atoms with Gasteiger partial charge in [0, 0.05) is 25.0 Å². The lowest BCUT2D eigenvalue weighted by Gasteiger charge is -2.20. The molecule has 2 aromatic heterocycles. The monoisotopic (exact) mass is 347 g/mol. The Balaban J connectivity index is 1.57. The number of guanidine groups is 1. The minimum atomic E-state index is 0.582. The maximum atomic E-state index is 5.31. The minimum Gasteiger partial charge on any atom is -0.359 e. The van der Waals surface area contributed by atoms with E-state index in [1.54, 1.807) is 7.05 Å². The van der Waals surface area contributed by atoms with Gasteiger partial charge in [0.25, 0.3) is 0 Å². The van der Waals surface area contributed by atoms with E-state index < -0.39 is 0 Å². The molecule has 0 aliphatic heterocycles. The molecule has 0 saturated heterocycles. The van der Waals surface area contributed by atoms with Crippen LogP contribution in [0.1, 0.15) is 46.8 Å². The third-order valence-electron chi connectivity index (χ3n) is 4.23. The molecular weight excluding hydrogens is 322 g/mol. The molecular formula is C17H25N5OS. The van der Waals surface area contributed by atoms with Crippen molar-refractivity contribution in [3.63, 3.8) is 0 Å². The van der Waals surface area contributed by atoms with Gasteiger partial charge < -0.3 is 14.7 Å². The fraction of sp³-hybridized carbons (Fsp3) is 0.588.